The third-order valence-electron chi connectivity index (χ3n) is 2.67. The summed E-state index contributed by atoms with van der Waals surface area (Å²) in [5, 5.41) is 0. The molecular formula is C9H20N2O4S2. The Morgan fingerprint density at radius 2 is 1.94 bits per heavy atom. The predicted octanol–water partition coefficient (Wildman–Crippen LogP) is -0.260. The molecule has 1 unspecified atom stereocenters. The zero-order chi connectivity index (χ0) is 13.1. The van der Waals surface area contributed by atoms with E-state index in [-0.39, 0.29) is 18.3 Å². The van der Waals surface area contributed by atoms with Crippen LogP contribution in [0.25, 0.3) is 0 Å². The first-order valence-corrected chi connectivity index (χ1v) is 9.20. The van der Waals surface area contributed by atoms with Gasteiger partial charge in [0.25, 0.3) is 0 Å². The second-order valence-corrected chi connectivity index (χ2v) is 8.25. The lowest BCUT2D eigenvalue weighted by molar-refractivity contribution is 0.305. The molecule has 0 radical (unpaired) electrons. The van der Waals surface area contributed by atoms with Gasteiger partial charge in [-0.15, -0.1) is 0 Å². The second kappa shape index (κ2) is 5.64. The number of nitrogens with one attached hydrogen (secondary N) is 1. The summed E-state index contributed by atoms with van der Waals surface area (Å²) < 4.78 is 49.8. The molecule has 0 aromatic rings. The molecule has 0 bridgehead atoms. The molecule has 1 aliphatic heterocycles. The molecule has 1 aliphatic rings. The van der Waals surface area contributed by atoms with Crippen LogP contribution in [-0.2, 0) is 20.0 Å². The molecular weight excluding hydrogens is 264 g/mol. The number of rotatable bonds is 5. The van der Waals surface area contributed by atoms with Crippen molar-refractivity contribution in [1.82, 2.24) is 9.03 Å². The predicted molar refractivity (Wildman–Crippen MR) is 66.7 cm³/mol. The van der Waals surface area contributed by atoms with Crippen molar-refractivity contribution in [2.45, 2.75) is 32.2 Å². The fraction of sp³-hybridized carbons (Fsp3) is 1.00. The number of hydrogen-bond acceptors (Lipinski definition) is 4. The number of piperidine rings is 1. The molecule has 0 aromatic carbocycles. The average molecular weight is 284 g/mol. The lowest BCUT2D eigenvalue weighted by Gasteiger charge is -2.31. The Hall–Kier alpha value is -0.180. The lowest BCUT2D eigenvalue weighted by Crippen LogP contribution is -2.49. The minimum Gasteiger partial charge on any atom is -0.213 e. The molecule has 0 aromatic heterocycles. The summed E-state index contributed by atoms with van der Waals surface area (Å²) in [4.78, 5) is 0. The van der Waals surface area contributed by atoms with Gasteiger partial charge in [-0.1, -0.05) is 6.92 Å². The van der Waals surface area contributed by atoms with Gasteiger partial charge < -0.3 is 0 Å². The maximum absolute atomic E-state index is 11.6. The summed E-state index contributed by atoms with van der Waals surface area (Å²) in [6.07, 6.45) is 3.08. The van der Waals surface area contributed by atoms with E-state index in [0.29, 0.717) is 25.8 Å². The van der Waals surface area contributed by atoms with Crippen LogP contribution in [0.1, 0.15) is 26.2 Å². The topological polar surface area (TPSA) is 83.6 Å². The Kier molecular flexibility index (Phi) is 4.94. The van der Waals surface area contributed by atoms with E-state index in [1.807, 2.05) is 0 Å². The van der Waals surface area contributed by atoms with E-state index in [1.54, 1.807) is 6.92 Å². The van der Waals surface area contributed by atoms with Crippen molar-refractivity contribution in [3.63, 3.8) is 0 Å². The van der Waals surface area contributed by atoms with E-state index in [0.717, 1.165) is 6.26 Å². The molecule has 6 nitrogen and oxygen atoms in total. The third-order valence-corrected chi connectivity index (χ3v) is 5.58. The van der Waals surface area contributed by atoms with E-state index in [1.165, 1.54) is 4.31 Å². The fourth-order valence-corrected chi connectivity index (χ4v) is 4.19. The molecule has 0 spiro atoms. The highest BCUT2D eigenvalue weighted by Gasteiger charge is 2.28. The first-order valence-electron chi connectivity index (χ1n) is 5.70. The SMILES string of the molecule is CCCS(=O)(=O)NC1CCCN(S(C)(=O)=O)C1. The van der Waals surface area contributed by atoms with Gasteiger partial charge in [0.2, 0.25) is 20.0 Å². The van der Waals surface area contributed by atoms with E-state index in [4.69, 9.17) is 0 Å². The molecule has 0 saturated carbocycles. The standard InChI is InChI=1S/C9H20N2O4S2/c1-3-7-17(14,15)10-9-5-4-6-11(8-9)16(2,12)13/h9-10H,3-8H2,1-2H3. The molecule has 0 aliphatic carbocycles. The van der Waals surface area contributed by atoms with Gasteiger partial charge in [-0.25, -0.2) is 25.9 Å². The van der Waals surface area contributed by atoms with E-state index >= 15 is 0 Å². The summed E-state index contributed by atoms with van der Waals surface area (Å²) >= 11 is 0. The number of sulfonamides is 2. The maximum Gasteiger partial charge on any atom is 0.211 e. The first-order chi connectivity index (χ1) is 7.74. The van der Waals surface area contributed by atoms with E-state index in [9.17, 15) is 16.8 Å². The second-order valence-electron chi connectivity index (χ2n) is 4.40. The van der Waals surface area contributed by atoms with Crippen LogP contribution in [0.4, 0.5) is 0 Å². The fourth-order valence-electron chi connectivity index (χ4n) is 1.92. The minimum absolute atomic E-state index is 0.0857. The molecule has 17 heavy (non-hydrogen) atoms. The highest BCUT2D eigenvalue weighted by molar-refractivity contribution is 7.89. The molecule has 1 heterocycles. The van der Waals surface area contributed by atoms with Crippen LogP contribution in [0.3, 0.4) is 0 Å². The smallest absolute Gasteiger partial charge is 0.211 e. The van der Waals surface area contributed by atoms with Gasteiger partial charge in [-0.2, -0.15) is 0 Å². The summed E-state index contributed by atoms with van der Waals surface area (Å²) in [6, 6.07) is -0.296. The molecule has 1 atom stereocenters. The van der Waals surface area contributed by atoms with Crippen LogP contribution < -0.4 is 4.72 Å². The van der Waals surface area contributed by atoms with Crippen LogP contribution in [-0.4, -0.2) is 52.3 Å². The average Bonchev–Trinajstić information content (AvgIpc) is 2.15. The third kappa shape index (κ3) is 4.90. The maximum atomic E-state index is 11.6. The van der Waals surface area contributed by atoms with E-state index < -0.39 is 20.0 Å². The Bertz CT molecular complexity index is 444. The molecule has 1 fully saturated rings. The Morgan fingerprint density at radius 3 is 2.47 bits per heavy atom. The quantitative estimate of drug-likeness (QED) is 0.754. The van der Waals surface area contributed by atoms with Crippen molar-refractivity contribution >= 4 is 20.0 Å². The van der Waals surface area contributed by atoms with Crippen LogP contribution in [0.15, 0.2) is 0 Å². The monoisotopic (exact) mass is 284 g/mol. The highest BCUT2D eigenvalue weighted by Crippen LogP contribution is 2.13. The van der Waals surface area contributed by atoms with Gasteiger partial charge in [0, 0.05) is 19.1 Å². The van der Waals surface area contributed by atoms with Gasteiger partial charge in [-0.05, 0) is 19.3 Å². The van der Waals surface area contributed by atoms with Gasteiger partial charge in [0.1, 0.15) is 0 Å². The van der Waals surface area contributed by atoms with Gasteiger partial charge >= 0.3 is 0 Å². The Balaban J connectivity index is 2.62. The number of nitrogens with zero attached hydrogens (tertiary/aromatic N) is 1. The Labute approximate surface area is 103 Å². The molecule has 1 N–H and O–H groups in total. The molecule has 1 rings (SSSR count). The molecule has 102 valence electrons. The molecule has 8 heteroatoms. The van der Waals surface area contributed by atoms with Crippen molar-refractivity contribution in [3.05, 3.63) is 0 Å². The van der Waals surface area contributed by atoms with Crippen LogP contribution in [0.5, 0.6) is 0 Å². The first kappa shape index (κ1) is 14.9. The minimum atomic E-state index is -3.27. The van der Waals surface area contributed by atoms with Crippen molar-refractivity contribution in [3.8, 4) is 0 Å². The van der Waals surface area contributed by atoms with Crippen LogP contribution in [0, 0.1) is 0 Å². The van der Waals surface area contributed by atoms with Gasteiger partial charge in [0.15, 0.2) is 0 Å². The summed E-state index contributed by atoms with van der Waals surface area (Å²) in [7, 11) is -6.50. The normalized spacial score (nSPS) is 23.8. The largest absolute Gasteiger partial charge is 0.213 e. The Morgan fingerprint density at radius 1 is 1.29 bits per heavy atom. The van der Waals surface area contributed by atoms with Crippen molar-refractivity contribution in [2.75, 3.05) is 25.1 Å². The van der Waals surface area contributed by atoms with Crippen LogP contribution in [0.2, 0.25) is 0 Å². The van der Waals surface area contributed by atoms with Gasteiger partial charge in [0.05, 0.1) is 12.0 Å². The van der Waals surface area contributed by atoms with Crippen LogP contribution >= 0.6 is 0 Å². The van der Waals surface area contributed by atoms with Crippen molar-refractivity contribution in [2.24, 2.45) is 0 Å². The summed E-state index contributed by atoms with van der Waals surface area (Å²) in [6.45, 7) is 2.51. The van der Waals surface area contributed by atoms with E-state index in [2.05, 4.69) is 4.72 Å². The van der Waals surface area contributed by atoms with Crippen molar-refractivity contribution < 1.29 is 16.8 Å². The summed E-state index contributed by atoms with van der Waals surface area (Å²) in [5.41, 5.74) is 0. The van der Waals surface area contributed by atoms with Gasteiger partial charge in [-0.3, -0.25) is 0 Å². The van der Waals surface area contributed by atoms with Crippen molar-refractivity contribution in [1.29, 1.82) is 0 Å². The highest BCUT2D eigenvalue weighted by atomic mass is 32.2. The lowest BCUT2D eigenvalue weighted by atomic mass is 10.1. The zero-order valence-electron chi connectivity index (χ0n) is 10.2. The summed E-state index contributed by atoms with van der Waals surface area (Å²) in [5.74, 6) is 0.0857. The number of hydrogen-bond donors (Lipinski definition) is 1. The molecule has 0 amide bonds. The molecule has 1 saturated heterocycles. The zero-order valence-corrected chi connectivity index (χ0v) is 11.8.